The zero-order chi connectivity index (χ0) is 26.5. The molecule has 1 heterocycles. The molecule has 0 saturated heterocycles. The fourth-order valence-electron chi connectivity index (χ4n) is 4.12. The number of nitrogens with one attached hydrogen (secondary N) is 2. The van der Waals surface area contributed by atoms with Crippen molar-refractivity contribution in [1.82, 2.24) is 10.3 Å². The van der Waals surface area contributed by atoms with E-state index in [1.165, 1.54) is 23.5 Å². The minimum atomic E-state index is -0.564. The molecule has 1 atom stereocenters. The van der Waals surface area contributed by atoms with E-state index in [-0.39, 0.29) is 23.2 Å². The number of thiazole rings is 1. The summed E-state index contributed by atoms with van der Waals surface area (Å²) in [5.41, 5.74) is 2.18. The number of fused-ring (bicyclic) bond motifs is 1. The molecule has 0 radical (unpaired) electrons. The quantitative estimate of drug-likeness (QED) is 0.187. The lowest BCUT2D eigenvalue weighted by Crippen LogP contribution is -2.30. The Morgan fingerprint density at radius 2 is 1.58 bits per heavy atom. The van der Waals surface area contributed by atoms with Crippen molar-refractivity contribution in [3.05, 3.63) is 134 Å². The van der Waals surface area contributed by atoms with E-state index in [2.05, 4.69) is 15.6 Å². The molecule has 0 aliphatic heterocycles. The van der Waals surface area contributed by atoms with Crippen molar-refractivity contribution in [1.29, 1.82) is 0 Å². The Balaban J connectivity index is 1.43. The van der Waals surface area contributed by atoms with Crippen LogP contribution in [0.15, 0.2) is 102 Å². The Bertz CT molecular complexity index is 1610. The van der Waals surface area contributed by atoms with Gasteiger partial charge in [-0.1, -0.05) is 66.7 Å². The lowest BCUT2D eigenvalue weighted by Gasteiger charge is -2.18. The Morgan fingerprint density at radius 1 is 0.868 bits per heavy atom. The molecule has 0 bridgehead atoms. The van der Waals surface area contributed by atoms with Crippen molar-refractivity contribution in [2.24, 2.45) is 0 Å². The number of nitro benzene ring substituents is 1. The van der Waals surface area contributed by atoms with Crippen molar-refractivity contribution in [2.75, 3.05) is 5.32 Å². The van der Waals surface area contributed by atoms with Crippen LogP contribution in [0, 0.1) is 10.1 Å². The van der Waals surface area contributed by atoms with Gasteiger partial charge in [0.25, 0.3) is 17.5 Å². The van der Waals surface area contributed by atoms with Gasteiger partial charge < -0.3 is 10.6 Å². The van der Waals surface area contributed by atoms with Crippen molar-refractivity contribution >= 4 is 45.3 Å². The average Bonchev–Trinajstić information content (AvgIpc) is 3.44. The molecule has 5 aromatic rings. The SMILES string of the molecule is O=C(Nc1ccccc1)c1csc([C@H](Cc2ccc([N+](=O)[O-])cc2)NC(=O)c2cccc3ccccc23)n1. The number of hydrogen-bond acceptors (Lipinski definition) is 6. The van der Waals surface area contributed by atoms with Gasteiger partial charge in [0, 0.05) is 28.8 Å². The predicted octanol–water partition coefficient (Wildman–Crippen LogP) is 6.17. The molecule has 0 saturated carbocycles. The van der Waals surface area contributed by atoms with Gasteiger partial charge >= 0.3 is 0 Å². The number of non-ortho nitro benzene ring substituents is 1. The summed E-state index contributed by atoms with van der Waals surface area (Å²) in [5, 5.41) is 20.9. The van der Waals surface area contributed by atoms with Crippen LogP contribution in [0.2, 0.25) is 0 Å². The molecule has 0 aliphatic rings. The van der Waals surface area contributed by atoms with E-state index >= 15 is 0 Å². The number of rotatable bonds is 8. The number of carbonyl (C=O) groups is 2. The van der Waals surface area contributed by atoms with Gasteiger partial charge in [0.2, 0.25) is 0 Å². The summed E-state index contributed by atoms with van der Waals surface area (Å²) in [5.74, 6) is -0.632. The van der Waals surface area contributed by atoms with Crippen LogP contribution in [0.25, 0.3) is 10.8 Å². The molecule has 1 aromatic heterocycles. The van der Waals surface area contributed by atoms with Crippen molar-refractivity contribution in [3.8, 4) is 0 Å². The second kappa shape index (κ2) is 11.0. The summed E-state index contributed by atoms with van der Waals surface area (Å²) in [4.78, 5) is 41.4. The molecule has 188 valence electrons. The highest BCUT2D eigenvalue weighted by Gasteiger charge is 2.23. The number of carbonyl (C=O) groups excluding carboxylic acids is 2. The maximum absolute atomic E-state index is 13.5. The average molecular weight is 523 g/mol. The highest BCUT2D eigenvalue weighted by molar-refractivity contribution is 7.10. The van der Waals surface area contributed by atoms with Gasteiger partial charge in [-0.15, -0.1) is 11.3 Å². The molecule has 0 spiro atoms. The minimum absolute atomic E-state index is 0.0146. The molecule has 8 nitrogen and oxygen atoms in total. The first-order valence-electron chi connectivity index (χ1n) is 11.8. The van der Waals surface area contributed by atoms with E-state index in [4.69, 9.17) is 0 Å². The molecule has 0 fully saturated rings. The largest absolute Gasteiger partial charge is 0.342 e. The molecule has 0 unspecified atom stereocenters. The van der Waals surface area contributed by atoms with Crippen molar-refractivity contribution in [3.63, 3.8) is 0 Å². The standard InChI is InChI=1S/C29H22N4O4S/c34-27(24-12-6-8-20-7-4-5-11-23(20)24)31-25(17-19-13-15-22(16-14-19)33(36)37)29-32-26(18-38-29)28(35)30-21-9-2-1-3-10-21/h1-16,18,25H,17H2,(H,30,35)(H,31,34)/t25-/m0/s1. The van der Waals surface area contributed by atoms with Crippen molar-refractivity contribution < 1.29 is 14.5 Å². The smallest absolute Gasteiger partial charge is 0.275 e. The maximum Gasteiger partial charge on any atom is 0.275 e. The van der Waals surface area contributed by atoms with Crippen LogP contribution in [-0.2, 0) is 6.42 Å². The van der Waals surface area contributed by atoms with E-state index in [0.29, 0.717) is 22.7 Å². The van der Waals surface area contributed by atoms with Gasteiger partial charge in [0.05, 0.1) is 11.0 Å². The first-order valence-corrected chi connectivity index (χ1v) is 12.7. The maximum atomic E-state index is 13.5. The van der Waals surface area contributed by atoms with Crippen LogP contribution >= 0.6 is 11.3 Å². The van der Waals surface area contributed by atoms with Crippen molar-refractivity contribution in [2.45, 2.75) is 12.5 Å². The molecular formula is C29H22N4O4S. The second-order valence-corrected chi connectivity index (χ2v) is 9.46. The van der Waals surface area contributed by atoms with E-state index in [1.807, 2.05) is 54.6 Å². The zero-order valence-electron chi connectivity index (χ0n) is 20.0. The third-order valence-electron chi connectivity index (χ3n) is 6.01. The lowest BCUT2D eigenvalue weighted by atomic mass is 10.0. The predicted molar refractivity (Wildman–Crippen MR) is 147 cm³/mol. The highest BCUT2D eigenvalue weighted by atomic mass is 32.1. The summed E-state index contributed by atoms with van der Waals surface area (Å²) >= 11 is 1.27. The number of hydrogen-bond donors (Lipinski definition) is 2. The summed E-state index contributed by atoms with van der Waals surface area (Å²) < 4.78 is 0. The molecule has 5 rings (SSSR count). The molecule has 9 heteroatoms. The normalized spacial score (nSPS) is 11.6. The fraction of sp³-hybridized carbons (Fsp3) is 0.0690. The van der Waals surface area contributed by atoms with Gasteiger partial charge in [0.1, 0.15) is 10.7 Å². The third-order valence-corrected chi connectivity index (χ3v) is 6.97. The molecule has 38 heavy (non-hydrogen) atoms. The summed E-state index contributed by atoms with van der Waals surface area (Å²) in [6.45, 7) is 0. The van der Waals surface area contributed by atoms with Crippen LogP contribution in [0.5, 0.6) is 0 Å². The fourth-order valence-corrected chi connectivity index (χ4v) is 4.97. The first kappa shape index (κ1) is 24.8. The number of aromatic nitrogens is 1. The highest BCUT2D eigenvalue weighted by Crippen LogP contribution is 2.26. The number of benzene rings is 4. The molecule has 4 aromatic carbocycles. The molecule has 2 N–H and O–H groups in total. The summed E-state index contributed by atoms with van der Waals surface area (Å²) in [6, 6.07) is 27.9. The monoisotopic (exact) mass is 522 g/mol. The lowest BCUT2D eigenvalue weighted by molar-refractivity contribution is -0.384. The van der Waals surface area contributed by atoms with Gasteiger partial charge in [-0.25, -0.2) is 4.98 Å². The van der Waals surface area contributed by atoms with Crippen LogP contribution in [0.4, 0.5) is 11.4 Å². The number of amides is 2. The van der Waals surface area contributed by atoms with Gasteiger partial charge in [0.15, 0.2) is 0 Å². The number of anilines is 1. The second-order valence-electron chi connectivity index (χ2n) is 8.57. The summed E-state index contributed by atoms with van der Waals surface area (Å²) in [6.07, 6.45) is 0.335. The number of nitro groups is 1. The van der Waals surface area contributed by atoms with Crippen LogP contribution in [0.1, 0.15) is 37.5 Å². The Labute approximate surface area is 222 Å². The van der Waals surface area contributed by atoms with E-state index in [0.717, 1.165) is 16.3 Å². The number of nitrogens with zero attached hydrogens (tertiary/aromatic N) is 2. The first-order chi connectivity index (χ1) is 18.5. The Hall–Kier alpha value is -4.89. The molecular weight excluding hydrogens is 500 g/mol. The van der Waals surface area contributed by atoms with Gasteiger partial charge in [-0.2, -0.15) is 0 Å². The molecule has 0 aliphatic carbocycles. The third kappa shape index (κ3) is 5.58. The minimum Gasteiger partial charge on any atom is -0.342 e. The van der Waals surface area contributed by atoms with E-state index < -0.39 is 11.0 Å². The number of para-hydroxylation sites is 1. The zero-order valence-corrected chi connectivity index (χ0v) is 20.9. The topological polar surface area (TPSA) is 114 Å². The molecule has 2 amide bonds. The van der Waals surface area contributed by atoms with Crippen LogP contribution < -0.4 is 10.6 Å². The summed E-state index contributed by atoms with van der Waals surface area (Å²) in [7, 11) is 0. The van der Waals surface area contributed by atoms with Gasteiger partial charge in [-0.3, -0.25) is 19.7 Å². The van der Waals surface area contributed by atoms with Crippen LogP contribution in [0.3, 0.4) is 0 Å². The van der Waals surface area contributed by atoms with Gasteiger partial charge in [-0.05, 0) is 41.0 Å². The van der Waals surface area contributed by atoms with E-state index in [1.54, 1.807) is 35.7 Å². The van der Waals surface area contributed by atoms with Crippen LogP contribution in [-0.4, -0.2) is 21.7 Å². The Morgan fingerprint density at radius 3 is 2.34 bits per heavy atom. The Kier molecular flexibility index (Phi) is 7.19. The van der Waals surface area contributed by atoms with E-state index in [9.17, 15) is 19.7 Å².